The Balaban J connectivity index is 2.53. The Bertz CT molecular complexity index is 457. The summed E-state index contributed by atoms with van der Waals surface area (Å²) in [4.78, 5) is 11.7. The number of benzene rings is 1. The number of carbonyl (C=O) groups is 1. The summed E-state index contributed by atoms with van der Waals surface area (Å²) < 4.78 is 13.2. The van der Waals surface area contributed by atoms with E-state index >= 15 is 0 Å². The minimum Gasteiger partial charge on any atom is -0.391 e. The summed E-state index contributed by atoms with van der Waals surface area (Å²) in [7, 11) is 0. The van der Waals surface area contributed by atoms with Gasteiger partial charge in [-0.05, 0) is 30.0 Å². The van der Waals surface area contributed by atoms with Crippen molar-refractivity contribution in [2.24, 2.45) is 5.41 Å². The highest BCUT2D eigenvalue weighted by Gasteiger charge is 2.17. The molecular weight excluding hydrogens is 269 g/mol. The average molecular weight is 288 g/mol. The van der Waals surface area contributed by atoms with Crippen molar-refractivity contribution in [1.29, 1.82) is 0 Å². The molecule has 1 amide bonds. The molecule has 0 bridgehead atoms. The van der Waals surface area contributed by atoms with Crippen molar-refractivity contribution in [2.75, 3.05) is 6.54 Å². The fourth-order valence-corrected chi connectivity index (χ4v) is 1.85. The topological polar surface area (TPSA) is 49.3 Å². The summed E-state index contributed by atoms with van der Waals surface area (Å²) in [5, 5.41) is 12.3. The molecule has 1 unspecified atom stereocenters. The molecule has 0 aliphatic heterocycles. The van der Waals surface area contributed by atoms with Gasteiger partial charge >= 0.3 is 0 Å². The van der Waals surface area contributed by atoms with Gasteiger partial charge in [-0.2, -0.15) is 0 Å². The van der Waals surface area contributed by atoms with Crippen molar-refractivity contribution in [3.05, 3.63) is 34.6 Å². The average Bonchev–Trinajstić information content (AvgIpc) is 2.27. The van der Waals surface area contributed by atoms with Gasteiger partial charge in [0.05, 0.1) is 11.1 Å². The predicted octanol–water partition coefficient (Wildman–Crippen LogP) is 3.01. The van der Waals surface area contributed by atoms with Crippen LogP contribution in [0.25, 0.3) is 0 Å². The lowest BCUT2D eigenvalue weighted by atomic mass is 9.89. The fourth-order valence-electron chi connectivity index (χ4n) is 1.73. The van der Waals surface area contributed by atoms with Crippen LogP contribution in [0.2, 0.25) is 5.02 Å². The Kier molecular flexibility index (Phi) is 5.32. The van der Waals surface area contributed by atoms with Gasteiger partial charge < -0.3 is 10.4 Å². The summed E-state index contributed by atoms with van der Waals surface area (Å²) in [6.07, 6.45) is -0.0523. The Morgan fingerprint density at radius 3 is 2.63 bits per heavy atom. The van der Waals surface area contributed by atoms with Gasteiger partial charge in [0.1, 0.15) is 5.82 Å². The highest BCUT2D eigenvalue weighted by Crippen LogP contribution is 2.20. The number of halogens is 2. The second-order valence-electron chi connectivity index (χ2n) is 5.76. The van der Waals surface area contributed by atoms with E-state index in [9.17, 15) is 14.3 Å². The van der Waals surface area contributed by atoms with Gasteiger partial charge in [0.25, 0.3) is 5.91 Å². The quantitative estimate of drug-likeness (QED) is 0.894. The lowest BCUT2D eigenvalue weighted by Crippen LogP contribution is -2.34. The molecule has 0 aromatic heterocycles. The highest BCUT2D eigenvalue weighted by molar-refractivity contribution is 6.30. The van der Waals surface area contributed by atoms with E-state index < -0.39 is 17.8 Å². The van der Waals surface area contributed by atoms with E-state index in [1.807, 2.05) is 20.8 Å². The van der Waals surface area contributed by atoms with Crippen LogP contribution in [-0.4, -0.2) is 23.7 Å². The monoisotopic (exact) mass is 287 g/mol. The lowest BCUT2D eigenvalue weighted by Gasteiger charge is -2.22. The third kappa shape index (κ3) is 5.57. The number of nitrogens with one attached hydrogen (secondary N) is 1. The maximum atomic E-state index is 13.2. The first-order valence-corrected chi connectivity index (χ1v) is 6.48. The third-order valence-corrected chi connectivity index (χ3v) is 2.83. The van der Waals surface area contributed by atoms with Crippen LogP contribution in [0.4, 0.5) is 4.39 Å². The van der Waals surface area contributed by atoms with E-state index in [0.717, 1.165) is 6.07 Å². The predicted molar refractivity (Wildman–Crippen MR) is 73.8 cm³/mol. The van der Waals surface area contributed by atoms with Crippen LogP contribution in [0, 0.1) is 11.2 Å². The van der Waals surface area contributed by atoms with E-state index in [1.54, 1.807) is 0 Å². The third-order valence-electron chi connectivity index (χ3n) is 2.53. The largest absolute Gasteiger partial charge is 0.391 e. The molecule has 3 nitrogen and oxygen atoms in total. The van der Waals surface area contributed by atoms with Crippen LogP contribution in [0.1, 0.15) is 37.6 Å². The van der Waals surface area contributed by atoms with Crippen LogP contribution < -0.4 is 5.32 Å². The van der Waals surface area contributed by atoms with E-state index in [-0.39, 0.29) is 22.5 Å². The maximum absolute atomic E-state index is 13.2. The Hall–Kier alpha value is -1.13. The zero-order chi connectivity index (χ0) is 14.6. The fraction of sp³-hybridized carbons (Fsp3) is 0.500. The molecule has 1 atom stereocenters. The van der Waals surface area contributed by atoms with Crippen molar-refractivity contribution in [1.82, 2.24) is 5.32 Å². The maximum Gasteiger partial charge on any atom is 0.251 e. The molecule has 19 heavy (non-hydrogen) atoms. The van der Waals surface area contributed by atoms with Gasteiger partial charge in [0.2, 0.25) is 0 Å². The summed E-state index contributed by atoms with van der Waals surface area (Å²) in [5.74, 6) is -1.06. The molecule has 106 valence electrons. The molecule has 0 heterocycles. The highest BCUT2D eigenvalue weighted by atomic mass is 35.5. The Morgan fingerprint density at radius 1 is 1.47 bits per heavy atom. The molecule has 1 aromatic carbocycles. The van der Waals surface area contributed by atoms with Gasteiger partial charge in [-0.3, -0.25) is 4.79 Å². The summed E-state index contributed by atoms with van der Waals surface area (Å²) in [5.41, 5.74) is 0.168. The van der Waals surface area contributed by atoms with E-state index in [1.165, 1.54) is 12.1 Å². The number of rotatable bonds is 4. The molecule has 0 aliphatic carbocycles. The van der Waals surface area contributed by atoms with Crippen LogP contribution in [-0.2, 0) is 0 Å². The minimum atomic E-state index is -0.635. The molecule has 0 aliphatic rings. The van der Waals surface area contributed by atoms with Crippen LogP contribution in [0.15, 0.2) is 18.2 Å². The molecule has 0 saturated heterocycles. The zero-order valence-electron chi connectivity index (χ0n) is 11.3. The zero-order valence-corrected chi connectivity index (χ0v) is 12.1. The number of hydrogen-bond acceptors (Lipinski definition) is 2. The second-order valence-corrected chi connectivity index (χ2v) is 6.16. The van der Waals surface area contributed by atoms with Crippen LogP contribution >= 0.6 is 11.6 Å². The van der Waals surface area contributed by atoms with Crippen molar-refractivity contribution in [2.45, 2.75) is 33.3 Å². The van der Waals surface area contributed by atoms with E-state index in [2.05, 4.69) is 5.32 Å². The molecular formula is C14H19ClFNO2. The number of aliphatic hydroxyl groups is 1. The molecule has 2 N–H and O–H groups in total. The van der Waals surface area contributed by atoms with Gasteiger partial charge in [-0.25, -0.2) is 4.39 Å². The minimum absolute atomic E-state index is 0.0173. The molecule has 0 fully saturated rings. The van der Waals surface area contributed by atoms with Crippen molar-refractivity contribution in [3.8, 4) is 0 Å². The van der Waals surface area contributed by atoms with Crippen LogP contribution in [0.3, 0.4) is 0 Å². The van der Waals surface area contributed by atoms with Gasteiger partial charge in [-0.1, -0.05) is 32.4 Å². The molecule has 1 rings (SSSR count). The first kappa shape index (κ1) is 15.9. The number of aliphatic hydroxyl groups excluding tert-OH is 1. The SMILES string of the molecule is CC(C)(C)CC(O)CNC(=O)c1ccc(Cl)c(F)c1. The first-order valence-electron chi connectivity index (χ1n) is 6.10. The number of amides is 1. The van der Waals surface area contributed by atoms with E-state index in [4.69, 9.17) is 11.6 Å². The standard InChI is InChI=1S/C14H19ClFNO2/c1-14(2,3)7-10(18)8-17-13(19)9-4-5-11(15)12(16)6-9/h4-6,10,18H,7-8H2,1-3H3,(H,17,19). The Labute approximate surface area is 117 Å². The molecule has 0 saturated carbocycles. The van der Waals surface area contributed by atoms with E-state index in [0.29, 0.717) is 6.42 Å². The lowest BCUT2D eigenvalue weighted by molar-refractivity contribution is 0.0868. The number of hydrogen-bond donors (Lipinski definition) is 2. The molecule has 5 heteroatoms. The summed E-state index contributed by atoms with van der Waals surface area (Å²) in [6, 6.07) is 3.85. The number of carbonyl (C=O) groups excluding carboxylic acids is 1. The Morgan fingerprint density at radius 2 is 2.11 bits per heavy atom. The van der Waals surface area contributed by atoms with Crippen molar-refractivity contribution in [3.63, 3.8) is 0 Å². The van der Waals surface area contributed by atoms with Crippen molar-refractivity contribution < 1.29 is 14.3 Å². The summed E-state index contributed by atoms with van der Waals surface area (Å²) >= 11 is 5.54. The summed E-state index contributed by atoms with van der Waals surface area (Å²) in [6.45, 7) is 6.16. The van der Waals surface area contributed by atoms with Crippen LogP contribution in [0.5, 0.6) is 0 Å². The second kappa shape index (κ2) is 6.35. The molecule has 1 aromatic rings. The normalized spacial score (nSPS) is 13.2. The van der Waals surface area contributed by atoms with Gasteiger partial charge in [-0.15, -0.1) is 0 Å². The van der Waals surface area contributed by atoms with Gasteiger partial charge in [0, 0.05) is 12.1 Å². The molecule has 0 spiro atoms. The van der Waals surface area contributed by atoms with Gasteiger partial charge in [0.15, 0.2) is 0 Å². The molecule has 0 radical (unpaired) electrons. The first-order chi connectivity index (χ1) is 8.69. The van der Waals surface area contributed by atoms with Crippen molar-refractivity contribution >= 4 is 17.5 Å². The smallest absolute Gasteiger partial charge is 0.251 e.